The van der Waals surface area contributed by atoms with Gasteiger partial charge < -0.3 is 10.6 Å². The summed E-state index contributed by atoms with van der Waals surface area (Å²) in [6.45, 7) is 6.95. The van der Waals surface area contributed by atoms with Gasteiger partial charge in [0, 0.05) is 31.2 Å². The highest BCUT2D eigenvalue weighted by Gasteiger charge is 2.14. The van der Waals surface area contributed by atoms with E-state index in [1.54, 1.807) is 0 Å². The summed E-state index contributed by atoms with van der Waals surface area (Å²) in [5.41, 5.74) is 9.89. The first-order valence-electron chi connectivity index (χ1n) is 7.31. The van der Waals surface area contributed by atoms with Gasteiger partial charge in [-0.15, -0.1) is 0 Å². The molecule has 106 valence electrons. The van der Waals surface area contributed by atoms with Crippen molar-refractivity contribution in [3.05, 3.63) is 65.7 Å². The number of hydrogen-bond donors (Lipinski definition) is 1. The molecule has 2 aromatic rings. The van der Waals surface area contributed by atoms with E-state index in [-0.39, 0.29) is 0 Å². The number of anilines is 1. The van der Waals surface area contributed by atoms with Crippen molar-refractivity contribution in [1.82, 2.24) is 0 Å². The Morgan fingerprint density at radius 1 is 1.05 bits per heavy atom. The second-order valence-corrected chi connectivity index (χ2v) is 5.22. The van der Waals surface area contributed by atoms with Gasteiger partial charge in [-0.05, 0) is 37.1 Å². The van der Waals surface area contributed by atoms with E-state index in [0.717, 1.165) is 13.1 Å². The first-order chi connectivity index (χ1) is 9.74. The maximum atomic E-state index is 5.99. The summed E-state index contributed by atoms with van der Waals surface area (Å²) in [7, 11) is 0. The molecule has 0 aliphatic carbocycles. The van der Waals surface area contributed by atoms with Crippen LogP contribution < -0.4 is 10.6 Å². The molecule has 0 spiro atoms. The predicted molar refractivity (Wildman–Crippen MR) is 87.3 cm³/mol. The molecular formula is C18H24N2. The van der Waals surface area contributed by atoms with E-state index in [0.29, 0.717) is 12.5 Å². The molecule has 2 aromatic carbocycles. The van der Waals surface area contributed by atoms with Gasteiger partial charge in [0.15, 0.2) is 0 Å². The standard InChI is InChI=1S/C18H24N2/c1-3-20(18-11-7-8-15(2)12-18)14-17(13-19)16-9-5-4-6-10-16/h4-12,17H,3,13-14,19H2,1-2H3. The smallest absolute Gasteiger partial charge is 0.0368 e. The van der Waals surface area contributed by atoms with E-state index in [9.17, 15) is 0 Å². The molecule has 0 amide bonds. The second-order valence-electron chi connectivity index (χ2n) is 5.22. The van der Waals surface area contributed by atoms with Crippen molar-refractivity contribution in [2.75, 3.05) is 24.5 Å². The van der Waals surface area contributed by atoms with Crippen LogP contribution in [0.25, 0.3) is 0 Å². The van der Waals surface area contributed by atoms with Crippen molar-refractivity contribution in [1.29, 1.82) is 0 Å². The third-order valence-corrected chi connectivity index (χ3v) is 3.74. The lowest BCUT2D eigenvalue weighted by atomic mass is 9.98. The number of aryl methyl sites for hydroxylation is 1. The van der Waals surface area contributed by atoms with Gasteiger partial charge in [-0.1, -0.05) is 42.5 Å². The van der Waals surface area contributed by atoms with Gasteiger partial charge in [-0.2, -0.15) is 0 Å². The molecular weight excluding hydrogens is 244 g/mol. The van der Waals surface area contributed by atoms with Crippen LogP contribution in [-0.4, -0.2) is 19.6 Å². The molecule has 20 heavy (non-hydrogen) atoms. The van der Waals surface area contributed by atoms with Crippen LogP contribution >= 0.6 is 0 Å². The molecule has 1 atom stereocenters. The molecule has 0 aliphatic rings. The molecule has 0 bridgehead atoms. The highest BCUT2D eigenvalue weighted by atomic mass is 15.1. The highest BCUT2D eigenvalue weighted by molar-refractivity contribution is 5.48. The van der Waals surface area contributed by atoms with E-state index >= 15 is 0 Å². The average molecular weight is 268 g/mol. The maximum Gasteiger partial charge on any atom is 0.0368 e. The lowest BCUT2D eigenvalue weighted by Crippen LogP contribution is -2.31. The Morgan fingerprint density at radius 2 is 1.80 bits per heavy atom. The van der Waals surface area contributed by atoms with Gasteiger partial charge in [0.2, 0.25) is 0 Å². The Labute approximate surface area is 122 Å². The van der Waals surface area contributed by atoms with Crippen molar-refractivity contribution < 1.29 is 0 Å². The number of hydrogen-bond acceptors (Lipinski definition) is 2. The lowest BCUT2D eigenvalue weighted by molar-refractivity contribution is 0.659. The molecule has 0 heterocycles. The molecule has 0 saturated carbocycles. The van der Waals surface area contributed by atoms with Gasteiger partial charge in [-0.25, -0.2) is 0 Å². The Kier molecular flexibility index (Phi) is 5.19. The van der Waals surface area contributed by atoms with Crippen LogP contribution in [0, 0.1) is 6.92 Å². The molecule has 0 aromatic heterocycles. The van der Waals surface area contributed by atoms with E-state index < -0.39 is 0 Å². The van der Waals surface area contributed by atoms with E-state index in [2.05, 4.69) is 73.3 Å². The Balaban J connectivity index is 2.16. The first-order valence-corrected chi connectivity index (χ1v) is 7.31. The maximum absolute atomic E-state index is 5.99. The molecule has 0 fully saturated rings. The Morgan fingerprint density at radius 3 is 2.40 bits per heavy atom. The summed E-state index contributed by atoms with van der Waals surface area (Å²) in [6, 6.07) is 19.2. The predicted octanol–water partition coefficient (Wildman–Crippen LogP) is 3.56. The third kappa shape index (κ3) is 3.61. The normalized spacial score (nSPS) is 12.2. The van der Waals surface area contributed by atoms with Crippen molar-refractivity contribution in [3.63, 3.8) is 0 Å². The van der Waals surface area contributed by atoms with Crippen molar-refractivity contribution in [3.8, 4) is 0 Å². The number of nitrogens with zero attached hydrogens (tertiary/aromatic N) is 1. The molecule has 0 radical (unpaired) electrons. The number of benzene rings is 2. The van der Waals surface area contributed by atoms with Crippen LogP contribution in [-0.2, 0) is 0 Å². The van der Waals surface area contributed by atoms with Crippen LogP contribution in [0.15, 0.2) is 54.6 Å². The first kappa shape index (κ1) is 14.6. The van der Waals surface area contributed by atoms with Crippen molar-refractivity contribution in [2.45, 2.75) is 19.8 Å². The number of rotatable bonds is 6. The summed E-state index contributed by atoms with van der Waals surface area (Å²) >= 11 is 0. The molecule has 0 aliphatic heterocycles. The lowest BCUT2D eigenvalue weighted by Gasteiger charge is -2.28. The van der Waals surface area contributed by atoms with Crippen molar-refractivity contribution in [2.24, 2.45) is 5.73 Å². The van der Waals surface area contributed by atoms with Crippen LogP contribution in [0.3, 0.4) is 0 Å². The molecule has 1 unspecified atom stereocenters. The van der Waals surface area contributed by atoms with E-state index in [4.69, 9.17) is 5.73 Å². The van der Waals surface area contributed by atoms with Crippen LogP contribution in [0.5, 0.6) is 0 Å². The highest BCUT2D eigenvalue weighted by Crippen LogP contribution is 2.21. The summed E-state index contributed by atoms with van der Waals surface area (Å²) in [5, 5.41) is 0. The fraction of sp³-hybridized carbons (Fsp3) is 0.333. The minimum atomic E-state index is 0.372. The molecule has 2 rings (SSSR count). The van der Waals surface area contributed by atoms with Gasteiger partial charge in [0.1, 0.15) is 0 Å². The monoisotopic (exact) mass is 268 g/mol. The van der Waals surface area contributed by atoms with Gasteiger partial charge >= 0.3 is 0 Å². The fourth-order valence-corrected chi connectivity index (χ4v) is 2.55. The van der Waals surface area contributed by atoms with Crippen molar-refractivity contribution >= 4 is 5.69 Å². The zero-order valence-electron chi connectivity index (χ0n) is 12.4. The number of nitrogens with two attached hydrogens (primary N) is 1. The van der Waals surface area contributed by atoms with Gasteiger partial charge in [0.25, 0.3) is 0 Å². The summed E-state index contributed by atoms with van der Waals surface area (Å²) in [6.07, 6.45) is 0. The average Bonchev–Trinajstić information content (AvgIpc) is 2.49. The largest absolute Gasteiger partial charge is 0.371 e. The minimum Gasteiger partial charge on any atom is -0.371 e. The van der Waals surface area contributed by atoms with E-state index in [1.807, 2.05) is 0 Å². The SMILES string of the molecule is CCN(CC(CN)c1ccccc1)c1cccc(C)c1. The molecule has 2 N–H and O–H groups in total. The Bertz CT molecular complexity index is 522. The zero-order chi connectivity index (χ0) is 14.4. The van der Waals surface area contributed by atoms with Crippen LogP contribution in [0.2, 0.25) is 0 Å². The third-order valence-electron chi connectivity index (χ3n) is 3.74. The molecule has 2 heteroatoms. The summed E-state index contributed by atoms with van der Waals surface area (Å²) in [4.78, 5) is 2.40. The quantitative estimate of drug-likeness (QED) is 0.868. The zero-order valence-corrected chi connectivity index (χ0v) is 12.4. The summed E-state index contributed by atoms with van der Waals surface area (Å²) in [5.74, 6) is 0.372. The Hall–Kier alpha value is -1.80. The molecule has 0 saturated heterocycles. The second kappa shape index (κ2) is 7.11. The van der Waals surface area contributed by atoms with Gasteiger partial charge in [-0.3, -0.25) is 0 Å². The van der Waals surface area contributed by atoms with Crippen LogP contribution in [0.4, 0.5) is 5.69 Å². The van der Waals surface area contributed by atoms with Crippen LogP contribution in [0.1, 0.15) is 24.0 Å². The number of likely N-dealkylation sites (N-methyl/N-ethyl adjacent to an activating group) is 1. The van der Waals surface area contributed by atoms with Gasteiger partial charge in [0.05, 0.1) is 0 Å². The topological polar surface area (TPSA) is 29.3 Å². The van der Waals surface area contributed by atoms with E-state index in [1.165, 1.54) is 16.8 Å². The fourth-order valence-electron chi connectivity index (χ4n) is 2.55. The molecule has 2 nitrogen and oxygen atoms in total. The summed E-state index contributed by atoms with van der Waals surface area (Å²) < 4.78 is 0. The minimum absolute atomic E-state index is 0.372.